The number of H-pyrrole nitrogens is 1. The van der Waals surface area contributed by atoms with E-state index < -0.39 is 0 Å². The molecule has 0 radical (unpaired) electrons. The first kappa shape index (κ1) is 17.5. The number of rotatable bonds is 3. The van der Waals surface area contributed by atoms with Gasteiger partial charge in [-0.3, -0.25) is 9.89 Å². The van der Waals surface area contributed by atoms with Gasteiger partial charge < -0.3 is 9.64 Å². The Kier molecular flexibility index (Phi) is 5.27. The summed E-state index contributed by atoms with van der Waals surface area (Å²) in [4.78, 5) is 14.6. The van der Waals surface area contributed by atoms with Gasteiger partial charge in [0.05, 0.1) is 23.3 Å². The van der Waals surface area contributed by atoms with Gasteiger partial charge >= 0.3 is 0 Å². The smallest absolute Gasteiger partial charge is 0.275 e. The molecule has 128 valence electrons. The zero-order valence-electron chi connectivity index (χ0n) is 13.6. The van der Waals surface area contributed by atoms with Gasteiger partial charge in [0.2, 0.25) is 0 Å². The van der Waals surface area contributed by atoms with E-state index in [2.05, 4.69) is 40.0 Å². The minimum absolute atomic E-state index is 0.0905. The first-order valence-electron chi connectivity index (χ1n) is 7.87. The third-order valence-corrected chi connectivity index (χ3v) is 5.16. The summed E-state index contributed by atoms with van der Waals surface area (Å²) in [6.45, 7) is 5.66. The van der Waals surface area contributed by atoms with Crippen LogP contribution in [0.25, 0.3) is 0 Å². The number of ether oxygens (including phenoxy) is 1. The van der Waals surface area contributed by atoms with Crippen LogP contribution in [-0.4, -0.2) is 40.7 Å². The van der Waals surface area contributed by atoms with Crippen LogP contribution in [-0.2, 0) is 4.74 Å². The zero-order chi connectivity index (χ0) is 17.3. The van der Waals surface area contributed by atoms with Crippen LogP contribution in [0, 0.1) is 0 Å². The number of halogens is 2. The van der Waals surface area contributed by atoms with Crippen molar-refractivity contribution in [1.29, 1.82) is 0 Å². The minimum atomic E-state index is -0.151. The lowest BCUT2D eigenvalue weighted by molar-refractivity contribution is -0.0230. The normalized spacial score (nSPS) is 18.2. The third-order valence-electron chi connectivity index (χ3n) is 4.11. The number of carbonyl (C=O) groups excluding carboxylic acids is 1. The molecule has 0 aliphatic carbocycles. The average Bonchev–Trinajstić information content (AvgIpc) is 2.97. The Morgan fingerprint density at radius 3 is 2.75 bits per heavy atom. The van der Waals surface area contributed by atoms with Crippen molar-refractivity contribution in [2.24, 2.45) is 0 Å². The highest BCUT2D eigenvalue weighted by atomic mass is 79.9. The van der Waals surface area contributed by atoms with Crippen LogP contribution < -0.4 is 0 Å². The fourth-order valence-electron chi connectivity index (χ4n) is 2.73. The van der Waals surface area contributed by atoms with Gasteiger partial charge in [0.15, 0.2) is 5.69 Å². The number of hydrogen-bond donors (Lipinski definition) is 1. The summed E-state index contributed by atoms with van der Waals surface area (Å²) in [6, 6.07) is 7.53. The lowest BCUT2D eigenvalue weighted by atomic mass is 10.1. The van der Waals surface area contributed by atoms with E-state index >= 15 is 0 Å². The summed E-state index contributed by atoms with van der Waals surface area (Å²) in [7, 11) is 0. The molecule has 1 aromatic carbocycles. The number of benzene rings is 1. The van der Waals surface area contributed by atoms with Crippen LogP contribution in [0.2, 0.25) is 5.02 Å². The lowest BCUT2D eigenvalue weighted by Crippen LogP contribution is -2.42. The molecule has 3 rings (SSSR count). The molecule has 1 N–H and O–H groups in total. The van der Waals surface area contributed by atoms with E-state index in [0.717, 1.165) is 15.7 Å². The van der Waals surface area contributed by atoms with E-state index in [0.29, 0.717) is 30.4 Å². The summed E-state index contributed by atoms with van der Waals surface area (Å²) in [6.07, 6.45) is -0.151. The SMILES string of the molecule is CC(C)c1[nH]nc(C(=O)N2CCOC(c3ccc(Cl)cc3)C2)c1Br. The first-order chi connectivity index (χ1) is 11.5. The van der Waals surface area contributed by atoms with Crippen molar-refractivity contribution < 1.29 is 9.53 Å². The molecular weight excluding hydrogens is 394 g/mol. The Hall–Kier alpha value is -1.37. The molecule has 5 nitrogen and oxygen atoms in total. The van der Waals surface area contributed by atoms with Crippen LogP contribution >= 0.6 is 27.5 Å². The predicted molar refractivity (Wildman–Crippen MR) is 96.4 cm³/mol. The van der Waals surface area contributed by atoms with Gasteiger partial charge in [-0.1, -0.05) is 37.6 Å². The Morgan fingerprint density at radius 1 is 1.42 bits per heavy atom. The summed E-state index contributed by atoms with van der Waals surface area (Å²) in [5.74, 6) is 0.173. The predicted octanol–water partition coefficient (Wildman–Crippen LogP) is 4.16. The number of aromatic amines is 1. The number of morpholine rings is 1. The molecule has 24 heavy (non-hydrogen) atoms. The largest absolute Gasteiger partial charge is 0.370 e. The van der Waals surface area contributed by atoms with Crippen molar-refractivity contribution in [2.75, 3.05) is 19.7 Å². The highest BCUT2D eigenvalue weighted by Crippen LogP contribution is 2.29. The van der Waals surface area contributed by atoms with Crippen molar-refractivity contribution in [1.82, 2.24) is 15.1 Å². The molecule has 1 atom stereocenters. The van der Waals surface area contributed by atoms with Gasteiger partial charge in [0.1, 0.15) is 6.10 Å². The molecular formula is C17H19BrClN3O2. The molecule has 1 unspecified atom stereocenters. The van der Waals surface area contributed by atoms with Gasteiger partial charge in [-0.05, 0) is 39.5 Å². The fraction of sp³-hybridized carbons (Fsp3) is 0.412. The maximum Gasteiger partial charge on any atom is 0.275 e. The summed E-state index contributed by atoms with van der Waals surface area (Å²) >= 11 is 9.43. The van der Waals surface area contributed by atoms with Gasteiger partial charge in [0.25, 0.3) is 5.91 Å². The molecule has 1 aliphatic heterocycles. The van der Waals surface area contributed by atoms with Gasteiger partial charge in [-0.15, -0.1) is 0 Å². The van der Waals surface area contributed by atoms with Crippen molar-refractivity contribution >= 4 is 33.4 Å². The van der Waals surface area contributed by atoms with Crippen molar-refractivity contribution in [2.45, 2.75) is 25.9 Å². The van der Waals surface area contributed by atoms with E-state index in [1.165, 1.54) is 0 Å². The molecule has 1 aromatic heterocycles. The first-order valence-corrected chi connectivity index (χ1v) is 9.04. The second-order valence-electron chi connectivity index (χ2n) is 6.12. The summed E-state index contributed by atoms with van der Waals surface area (Å²) < 4.78 is 6.56. The van der Waals surface area contributed by atoms with Crippen molar-refractivity contribution in [3.05, 3.63) is 50.7 Å². The Labute approximate surface area is 154 Å². The lowest BCUT2D eigenvalue weighted by Gasteiger charge is -2.33. The fourth-order valence-corrected chi connectivity index (χ4v) is 3.66. The van der Waals surface area contributed by atoms with Crippen LogP contribution in [0.4, 0.5) is 0 Å². The Morgan fingerprint density at radius 2 is 2.12 bits per heavy atom. The van der Waals surface area contributed by atoms with E-state index in [1.807, 2.05) is 24.3 Å². The maximum atomic E-state index is 12.8. The highest BCUT2D eigenvalue weighted by Gasteiger charge is 2.29. The van der Waals surface area contributed by atoms with E-state index in [-0.39, 0.29) is 17.9 Å². The summed E-state index contributed by atoms with van der Waals surface area (Å²) in [5, 5.41) is 7.84. The van der Waals surface area contributed by atoms with Crippen LogP contribution in [0.15, 0.2) is 28.7 Å². The zero-order valence-corrected chi connectivity index (χ0v) is 15.9. The van der Waals surface area contributed by atoms with Crippen LogP contribution in [0.5, 0.6) is 0 Å². The molecule has 1 amide bonds. The Balaban J connectivity index is 1.77. The van der Waals surface area contributed by atoms with Crippen LogP contribution in [0.1, 0.15) is 47.6 Å². The summed E-state index contributed by atoms with van der Waals surface area (Å²) in [5.41, 5.74) is 2.37. The Bertz CT molecular complexity index is 730. The molecule has 1 fully saturated rings. The number of carbonyl (C=O) groups is 1. The molecule has 0 bridgehead atoms. The molecule has 2 aromatic rings. The molecule has 7 heteroatoms. The van der Waals surface area contributed by atoms with E-state index in [1.54, 1.807) is 4.90 Å². The second kappa shape index (κ2) is 7.25. The van der Waals surface area contributed by atoms with Gasteiger partial charge in [-0.2, -0.15) is 5.10 Å². The van der Waals surface area contributed by atoms with E-state index in [9.17, 15) is 4.79 Å². The molecule has 0 saturated carbocycles. The number of nitrogens with zero attached hydrogens (tertiary/aromatic N) is 2. The average molecular weight is 413 g/mol. The standard InChI is InChI=1S/C17H19BrClN3O2/c1-10(2)15-14(18)16(21-20-15)17(23)22-7-8-24-13(9-22)11-3-5-12(19)6-4-11/h3-6,10,13H,7-9H2,1-2H3,(H,20,21). The van der Waals surface area contributed by atoms with Gasteiger partial charge in [-0.25, -0.2) is 0 Å². The highest BCUT2D eigenvalue weighted by molar-refractivity contribution is 9.10. The van der Waals surface area contributed by atoms with Crippen molar-refractivity contribution in [3.8, 4) is 0 Å². The van der Waals surface area contributed by atoms with Crippen LogP contribution in [0.3, 0.4) is 0 Å². The molecule has 0 spiro atoms. The van der Waals surface area contributed by atoms with Crippen molar-refractivity contribution in [3.63, 3.8) is 0 Å². The topological polar surface area (TPSA) is 58.2 Å². The molecule has 1 aliphatic rings. The maximum absolute atomic E-state index is 12.8. The number of hydrogen-bond acceptors (Lipinski definition) is 3. The third kappa shape index (κ3) is 3.50. The second-order valence-corrected chi connectivity index (χ2v) is 7.35. The minimum Gasteiger partial charge on any atom is -0.370 e. The quantitative estimate of drug-likeness (QED) is 0.823. The van der Waals surface area contributed by atoms with E-state index in [4.69, 9.17) is 16.3 Å². The number of aromatic nitrogens is 2. The number of amides is 1. The monoisotopic (exact) mass is 411 g/mol. The molecule has 2 heterocycles. The molecule has 1 saturated heterocycles. The number of nitrogens with one attached hydrogen (secondary N) is 1. The van der Waals surface area contributed by atoms with Gasteiger partial charge in [0, 0.05) is 11.6 Å².